The Balaban J connectivity index is 2.18. The SMILES string of the molecule is CC1CCC2(C(C)C1)C(CCl)C2(C)C. The summed E-state index contributed by atoms with van der Waals surface area (Å²) in [7, 11) is 0. The van der Waals surface area contributed by atoms with E-state index in [-0.39, 0.29) is 0 Å². The number of hydrogen-bond acceptors (Lipinski definition) is 0. The highest BCUT2D eigenvalue weighted by atomic mass is 35.5. The summed E-state index contributed by atoms with van der Waals surface area (Å²) in [5.74, 6) is 3.46. The molecule has 4 atom stereocenters. The maximum absolute atomic E-state index is 6.11. The van der Waals surface area contributed by atoms with E-state index in [1.54, 1.807) is 0 Å². The fourth-order valence-electron chi connectivity index (χ4n) is 4.47. The molecule has 2 rings (SSSR count). The predicted molar refractivity (Wildman–Crippen MR) is 62.6 cm³/mol. The lowest BCUT2D eigenvalue weighted by Crippen LogP contribution is -2.27. The van der Waals surface area contributed by atoms with Crippen LogP contribution in [0.2, 0.25) is 0 Å². The number of halogens is 1. The van der Waals surface area contributed by atoms with Gasteiger partial charge in [0.15, 0.2) is 0 Å². The molecule has 0 aromatic rings. The van der Waals surface area contributed by atoms with Crippen LogP contribution in [0.5, 0.6) is 0 Å². The summed E-state index contributed by atoms with van der Waals surface area (Å²) in [6.45, 7) is 9.69. The third-order valence-electron chi connectivity index (χ3n) is 5.45. The molecule has 2 fully saturated rings. The fraction of sp³-hybridized carbons (Fsp3) is 1.00. The summed E-state index contributed by atoms with van der Waals surface area (Å²) in [4.78, 5) is 0. The van der Waals surface area contributed by atoms with E-state index in [0.29, 0.717) is 10.8 Å². The van der Waals surface area contributed by atoms with E-state index in [0.717, 1.165) is 23.6 Å². The molecule has 4 unspecified atom stereocenters. The Morgan fingerprint density at radius 3 is 2.36 bits per heavy atom. The molecule has 2 saturated carbocycles. The second kappa shape index (κ2) is 3.14. The van der Waals surface area contributed by atoms with E-state index < -0.39 is 0 Å². The quantitative estimate of drug-likeness (QED) is 0.571. The zero-order chi connectivity index (χ0) is 10.6. The summed E-state index contributed by atoms with van der Waals surface area (Å²) in [5, 5.41) is 0. The smallest absolute Gasteiger partial charge is 0.0262 e. The molecule has 0 aliphatic heterocycles. The minimum atomic E-state index is 0.508. The van der Waals surface area contributed by atoms with Gasteiger partial charge in [0.2, 0.25) is 0 Å². The summed E-state index contributed by atoms with van der Waals surface area (Å²) < 4.78 is 0. The van der Waals surface area contributed by atoms with Gasteiger partial charge in [-0.1, -0.05) is 34.1 Å². The number of hydrogen-bond donors (Lipinski definition) is 0. The van der Waals surface area contributed by atoms with Crippen molar-refractivity contribution in [3.63, 3.8) is 0 Å². The van der Waals surface area contributed by atoms with Gasteiger partial charge in [0.25, 0.3) is 0 Å². The van der Waals surface area contributed by atoms with Crippen molar-refractivity contribution in [3.05, 3.63) is 0 Å². The molecule has 0 saturated heterocycles. The largest absolute Gasteiger partial charge is 0.126 e. The van der Waals surface area contributed by atoms with Crippen molar-refractivity contribution in [2.24, 2.45) is 28.6 Å². The molecule has 1 spiro atoms. The molecule has 2 aliphatic rings. The van der Waals surface area contributed by atoms with Crippen LogP contribution in [0.1, 0.15) is 47.0 Å². The highest BCUT2D eigenvalue weighted by Gasteiger charge is 2.72. The monoisotopic (exact) mass is 214 g/mol. The van der Waals surface area contributed by atoms with Crippen LogP contribution in [-0.2, 0) is 0 Å². The van der Waals surface area contributed by atoms with Crippen LogP contribution in [0.15, 0.2) is 0 Å². The van der Waals surface area contributed by atoms with Crippen LogP contribution < -0.4 is 0 Å². The third-order valence-corrected chi connectivity index (χ3v) is 5.76. The maximum Gasteiger partial charge on any atom is 0.0262 e. The zero-order valence-corrected chi connectivity index (χ0v) is 10.7. The molecule has 0 radical (unpaired) electrons. The first kappa shape index (κ1) is 10.8. The minimum Gasteiger partial charge on any atom is -0.126 e. The van der Waals surface area contributed by atoms with E-state index in [4.69, 9.17) is 11.6 Å². The van der Waals surface area contributed by atoms with Gasteiger partial charge in [-0.05, 0) is 41.4 Å². The van der Waals surface area contributed by atoms with Crippen molar-refractivity contribution in [2.45, 2.75) is 47.0 Å². The summed E-state index contributed by atoms with van der Waals surface area (Å²) in [6, 6.07) is 0. The molecule has 14 heavy (non-hydrogen) atoms. The molecule has 1 heteroatoms. The molecule has 2 aliphatic carbocycles. The molecular formula is C13H23Cl. The molecule has 0 bridgehead atoms. The van der Waals surface area contributed by atoms with E-state index in [1.165, 1.54) is 19.3 Å². The average Bonchev–Trinajstić information content (AvgIpc) is 2.57. The van der Waals surface area contributed by atoms with Gasteiger partial charge in [-0.2, -0.15) is 0 Å². The van der Waals surface area contributed by atoms with Crippen LogP contribution in [0.4, 0.5) is 0 Å². The standard InChI is InChI=1S/C13H23Cl/c1-9-5-6-13(10(2)7-9)11(8-14)12(13,3)4/h9-11H,5-8H2,1-4H3. The maximum atomic E-state index is 6.11. The van der Waals surface area contributed by atoms with E-state index in [9.17, 15) is 0 Å². The first-order chi connectivity index (χ1) is 6.46. The van der Waals surface area contributed by atoms with Crippen molar-refractivity contribution < 1.29 is 0 Å². The highest BCUT2D eigenvalue weighted by Crippen LogP contribution is 2.76. The van der Waals surface area contributed by atoms with Crippen molar-refractivity contribution in [2.75, 3.05) is 5.88 Å². The lowest BCUT2D eigenvalue weighted by atomic mass is 9.69. The normalized spacial score (nSPS) is 50.8. The average molecular weight is 215 g/mol. The zero-order valence-electron chi connectivity index (χ0n) is 9.94. The molecular weight excluding hydrogens is 192 g/mol. The van der Waals surface area contributed by atoms with Gasteiger partial charge in [0, 0.05) is 5.88 Å². The van der Waals surface area contributed by atoms with E-state index in [2.05, 4.69) is 27.7 Å². The van der Waals surface area contributed by atoms with Gasteiger partial charge in [0.05, 0.1) is 0 Å². The van der Waals surface area contributed by atoms with Gasteiger partial charge in [0.1, 0.15) is 0 Å². The Morgan fingerprint density at radius 1 is 1.29 bits per heavy atom. The number of alkyl halides is 1. The Hall–Kier alpha value is 0.290. The van der Waals surface area contributed by atoms with Crippen molar-refractivity contribution in [3.8, 4) is 0 Å². The van der Waals surface area contributed by atoms with Crippen LogP contribution >= 0.6 is 11.6 Å². The van der Waals surface area contributed by atoms with Gasteiger partial charge in [-0.3, -0.25) is 0 Å². The second-order valence-electron chi connectivity index (χ2n) is 6.25. The van der Waals surface area contributed by atoms with Crippen LogP contribution in [0.3, 0.4) is 0 Å². The summed E-state index contributed by atoms with van der Waals surface area (Å²) in [5.41, 5.74) is 1.11. The molecule has 0 aromatic carbocycles. The molecule has 0 amide bonds. The number of rotatable bonds is 1. The van der Waals surface area contributed by atoms with Crippen molar-refractivity contribution >= 4 is 11.6 Å². The Morgan fingerprint density at radius 2 is 1.93 bits per heavy atom. The van der Waals surface area contributed by atoms with Gasteiger partial charge in [-0.25, -0.2) is 0 Å². The Bertz CT molecular complexity index is 233. The molecule has 0 heterocycles. The molecule has 0 nitrogen and oxygen atoms in total. The topological polar surface area (TPSA) is 0 Å². The van der Waals surface area contributed by atoms with E-state index in [1.807, 2.05) is 0 Å². The molecule has 82 valence electrons. The highest BCUT2D eigenvalue weighted by molar-refractivity contribution is 6.18. The van der Waals surface area contributed by atoms with Gasteiger partial charge < -0.3 is 0 Å². The first-order valence-corrected chi connectivity index (χ1v) is 6.56. The summed E-state index contributed by atoms with van der Waals surface area (Å²) >= 11 is 6.11. The Labute approximate surface area is 93.4 Å². The van der Waals surface area contributed by atoms with Gasteiger partial charge in [-0.15, -0.1) is 11.6 Å². The van der Waals surface area contributed by atoms with Gasteiger partial charge >= 0.3 is 0 Å². The third kappa shape index (κ3) is 1.13. The predicted octanol–water partition coefficient (Wildman–Crippen LogP) is 4.32. The van der Waals surface area contributed by atoms with Crippen LogP contribution in [0, 0.1) is 28.6 Å². The Kier molecular flexibility index (Phi) is 2.42. The summed E-state index contributed by atoms with van der Waals surface area (Å²) in [6.07, 6.45) is 4.25. The van der Waals surface area contributed by atoms with Crippen LogP contribution in [-0.4, -0.2) is 5.88 Å². The minimum absolute atomic E-state index is 0.508. The lowest BCUT2D eigenvalue weighted by molar-refractivity contribution is 0.139. The van der Waals surface area contributed by atoms with E-state index >= 15 is 0 Å². The lowest BCUT2D eigenvalue weighted by Gasteiger charge is -2.36. The molecule has 0 aromatic heterocycles. The van der Waals surface area contributed by atoms with Crippen molar-refractivity contribution in [1.82, 2.24) is 0 Å². The van der Waals surface area contributed by atoms with Crippen molar-refractivity contribution in [1.29, 1.82) is 0 Å². The first-order valence-electron chi connectivity index (χ1n) is 6.02. The fourth-order valence-corrected chi connectivity index (χ4v) is 5.13. The second-order valence-corrected chi connectivity index (χ2v) is 6.56. The van der Waals surface area contributed by atoms with Crippen LogP contribution in [0.25, 0.3) is 0 Å². The molecule has 0 N–H and O–H groups in total.